The average molecular weight is 492 g/mol. The number of carboxylic acids is 1. The molecule has 2 fully saturated rings. The molecule has 0 bridgehead atoms. The first-order chi connectivity index (χ1) is 16.1. The molecule has 192 valence electrons. The van der Waals surface area contributed by atoms with Gasteiger partial charge in [-0.25, -0.2) is 4.79 Å². The number of carboxylic acid groups (broad SMARTS) is 1. The number of aromatic carboxylic acids is 1. The molecule has 0 unspecified atom stereocenters. The van der Waals surface area contributed by atoms with Gasteiger partial charge in [0.05, 0.1) is 34.0 Å². The van der Waals surface area contributed by atoms with Gasteiger partial charge in [0.15, 0.2) is 23.9 Å². The number of rotatable bonds is 9. The SMILES string of the molecule is COc1ccc(C(=O)O)c(OC)c1O[C@@H]1O[C@H](CO)[C@@H](O)[C@H](O)[C@H]1O[C@@H]1OC[C@](O)(CO)[C@H]1O. The van der Waals surface area contributed by atoms with Crippen LogP contribution in [0.2, 0.25) is 0 Å². The highest BCUT2D eigenvalue weighted by Crippen LogP contribution is 2.42. The fraction of sp³-hybridized carbons (Fsp3) is 0.650. The first kappa shape index (κ1) is 26.3. The lowest BCUT2D eigenvalue weighted by atomic mass is 9.98. The van der Waals surface area contributed by atoms with Gasteiger partial charge in [0.2, 0.25) is 12.0 Å². The maximum atomic E-state index is 11.6. The molecule has 0 radical (unpaired) electrons. The van der Waals surface area contributed by atoms with Gasteiger partial charge in [-0.05, 0) is 12.1 Å². The summed E-state index contributed by atoms with van der Waals surface area (Å²) in [5, 5.41) is 69.8. The number of methoxy groups -OCH3 is 2. The van der Waals surface area contributed by atoms with E-state index in [9.17, 15) is 40.5 Å². The van der Waals surface area contributed by atoms with Crippen molar-refractivity contribution in [3.05, 3.63) is 17.7 Å². The smallest absolute Gasteiger partial charge is 0.339 e. The molecule has 34 heavy (non-hydrogen) atoms. The molecular formula is C20H28O14. The molecule has 3 rings (SSSR count). The van der Waals surface area contributed by atoms with E-state index in [-0.39, 0.29) is 22.8 Å². The molecule has 0 aliphatic carbocycles. The van der Waals surface area contributed by atoms with Gasteiger partial charge in [-0.3, -0.25) is 0 Å². The van der Waals surface area contributed by atoms with Crippen molar-refractivity contribution >= 4 is 5.97 Å². The van der Waals surface area contributed by atoms with E-state index in [4.69, 9.17) is 28.4 Å². The summed E-state index contributed by atoms with van der Waals surface area (Å²) in [6.07, 6.45) is -11.3. The third-order valence-electron chi connectivity index (χ3n) is 5.66. The maximum absolute atomic E-state index is 11.6. The number of aliphatic hydroxyl groups excluding tert-OH is 5. The third kappa shape index (κ3) is 4.77. The molecule has 0 aromatic heterocycles. The maximum Gasteiger partial charge on any atom is 0.339 e. The van der Waals surface area contributed by atoms with Gasteiger partial charge < -0.3 is 64.2 Å². The Kier molecular flexibility index (Phi) is 8.18. The molecule has 0 saturated carbocycles. The molecule has 8 atom stereocenters. The summed E-state index contributed by atoms with van der Waals surface area (Å²) in [7, 11) is 2.47. The van der Waals surface area contributed by atoms with E-state index in [1.165, 1.54) is 26.4 Å². The zero-order valence-corrected chi connectivity index (χ0v) is 18.3. The van der Waals surface area contributed by atoms with E-state index >= 15 is 0 Å². The molecule has 1 aromatic carbocycles. The summed E-state index contributed by atoms with van der Waals surface area (Å²) in [4.78, 5) is 11.6. The standard InChI is InChI=1S/C20H28O14/c1-29-9-4-3-8(17(26)27)13(30-2)14(9)33-18-15(12(24)11(23)10(5-21)32-18)34-19-16(25)20(28,6-22)7-31-19/h3-4,10-12,15-16,18-19,21-25,28H,5-7H2,1-2H3,(H,26,27)/t10-,11-,12+,15-,16+,18+,19+,20-/m1/s1. The van der Waals surface area contributed by atoms with Crippen LogP contribution in [0.5, 0.6) is 17.2 Å². The van der Waals surface area contributed by atoms with Crippen LogP contribution in [-0.2, 0) is 14.2 Å². The average Bonchev–Trinajstić information content (AvgIpc) is 3.11. The molecule has 2 saturated heterocycles. The fourth-order valence-corrected chi connectivity index (χ4v) is 3.66. The second-order valence-electron chi connectivity index (χ2n) is 7.79. The normalized spacial score (nSPS) is 35.7. The summed E-state index contributed by atoms with van der Waals surface area (Å²) in [6, 6.07) is 2.51. The van der Waals surface area contributed by atoms with Crippen molar-refractivity contribution in [3.8, 4) is 17.2 Å². The van der Waals surface area contributed by atoms with E-state index in [0.717, 1.165) is 0 Å². The highest BCUT2D eigenvalue weighted by molar-refractivity contribution is 5.92. The lowest BCUT2D eigenvalue weighted by molar-refractivity contribution is -0.319. The quantitative estimate of drug-likeness (QED) is 0.184. The minimum Gasteiger partial charge on any atom is -0.493 e. The highest BCUT2D eigenvalue weighted by atomic mass is 16.8. The second kappa shape index (κ2) is 10.6. The van der Waals surface area contributed by atoms with Crippen molar-refractivity contribution in [1.29, 1.82) is 0 Å². The van der Waals surface area contributed by atoms with E-state index in [1.807, 2.05) is 0 Å². The van der Waals surface area contributed by atoms with E-state index in [0.29, 0.717) is 0 Å². The molecule has 0 spiro atoms. The van der Waals surface area contributed by atoms with E-state index in [1.54, 1.807) is 0 Å². The van der Waals surface area contributed by atoms with Gasteiger partial charge in [-0.1, -0.05) is 0 Å². The first-order valence-corrected chi connectivity index (χ1v) is 10.2. The molecule has 14 heteroatoms. The summed E-state index contributed by atoms with van der Waals surface area (Å²) in [5.74, 6) is -1.81. The van der Waals surface area contributed by atoms with Crippen LogP contribution >= 0.6 is 0 Å². The van der Waals surface area contributed by atoms with Crippen molar-refractivity contribution in [3.63, 3.8) is 0 Å². The Morgan fingerprint density at radius 1 is 1.09 bits per heavy atom. The van der Waals surface area contributed by atoms with Gasteiger partial charge in [-0.2, -0.15) is 0 Å². The van der Waals surface area contributed by atoms with Crippen LogP contribution in [0.3, 0.4) is 0 Å². The first-order valence-electron chi connectivity index (χ1n) is 10.2. The van der Waals surface area contributed by atoms with Crippen LogP contribution in [0.25, 0.3) is 0 Å². The lowest BCUT2D eigenvalue weighted by Gasteiger charge is -2.42. The van der Waals surface area contributed by atoms with Crippen molar-refractivity contribution in [1.82, 2.24) is 0 Å². The third-order valence-corrected chi connectivity index (χ3v) is 5.66. The van der Waals surface area contributed by atoms with Crippen molar-refractivity contribution < 1.29 is 69.0 Å². The van der Waals surface area contributed by atoms with Gasteiger partial charge >= 0.3 is 5.97 Å². The fourth-order valence-electron chi connectivity index (χ4n) is 3.66. The lowest BCUT2D eigenvalue weighted by Crippen LogP contribution is -2.62. The Morgan fingerprint density at radius 3 is 2.32 bits per heavy atom. The largest absolute Gasteiger partial charge is 0.493 e. The van der Waals surface area contributed by atoms with Gasteiger partial charge in [-0.15, -0.1) is 0 Å². The molecule has 2 heterocycles. The predicted octanol–water partition coefficient (Wildman–Crippen LogP) is -2.95. The molecular weight excluding hydrogens is 464 g/mol. The van der Waals surface area contributed by atoms with E-state index < -0.39 is 74.5 Å². The van der Waals surface area contributed by atoms with Crippen LogP contribution in [0.4, 0.5) is 0 Å². The molecule has 1 aromatic rings. The number of hydrogen-bond acceptors (Lipinski definition) is 13. The minimum atomic E-state index is -2.03. The van der Waals surface area contributed by atoms with Crippen molar-refractivity contribution in [2.45, 2.75) is 48.7 Å². The van der Waals surface area contributed by atoms with Crippen LogP contribution in [0.1, 0.15) is 10.4 Å². The van der Waals surface area contributed by atoms with Crippen molar-refractivity contribution in [2.75, 3.05) is 34.0 Å². The van der Waals surface area contributed by atoms with Crippen LogP contribution < -0.4 is 14.2 Å². The van der Waals surface area contributed by atoms with Crippen LogP contribution in [0, 0.1) is 0 Å². The topological polar surface area (TPSA) is 214 Å². The Labute approximate surface area is 193 Å². The van der Waals surface area contributed by atoms with Gasteiger partial charge in [0.1, 0.15) is 35.6 Å². The van der Waals surface area contributed by atoms with Crippen LogP contribution in [-0.4, -0.2) is 124 Å². The molecule has 2 aliphatic rings. The summed E-state index contributed by atoms with van der Waals surface area (Å²) in [5.41, 5.74) is -2.32. The zero-order chi connectivity index (χ0) is 25.2. The number of hydrogen-bond donors (Lipinski definition) is 7. The second-order valence-corrected chi connectivity index (χ2v) is 7.79. The summed E-state index contributed by atoms with van der Waals surface area (Å²) < 4.78 is 32.5. The molecule has 2 aliphatic heterocycles. The Bertz CT molecular complexity index is 864. The van der Waals surface area contributed by atoms with Crippen molar-refractivity contribution in [2.24, 2.45) is 0 Å². The monoisotopic (exact) mass is 492 g/mol. The highest BCUT2D eigenvalue weighted by Gasteiger charge is 2.53. The van der Waals surface area contributed by atoms with Gasteiger partial charge in [0, 0.05) is 0 Å². The summed E-state index contributed by atoms with van der Waals surface area (Å²) >= 11 is 0. The Balaban J connectivity index is 1.97. The molecule has 14 nitrogen and oxygen atoms in total. The predicted molar refractivity (Wildman–Crippen MR) is 108 cm³/mol. The number of carbonyl (C=O) groups is 1. The number of aliphatic hydroxyl groups is 6. The molecule has 0 amide bonds. The Hall–Kier alpha value is -2.27. The summed E-state index contributed by atoms with van der Waals surface area (Å²) in [6.45, 7) is -2.06. The molecule has 7 N–H and O–H groups in total. The number of benzene rings is 1. The van der Waals surface area contributed by atoms with E-state index in [2.05, 4.69) is 0 Å². The van der Waals surface area contributed by atoms with Gasteiger partial charge in [0.25, 0.3) is 0 Å². The Morgan fingerprint density at radius 2 is 1.79 bits per heavy atom. The zero-order valence-electron chi connectivity index (χ0n) is 18.3. The minimum absolute atomic E-state index is 0.0252. The van der Waals surface area contributed by atoms with Crippen LogP contribution in [0.15, 0.2) is 12.1 Å². The number of ether oxygens (including phenoxy) is 6.